The van der Waals surface area contributed by atoms with Crippen LogP contribution in [0.3, 0.4) is 0 Å². The number of nitrogens with two attached hydrogens (primary N) is 1. The first-order valence-corrected chi connectivity index (χ1v) is 7.15. The van der Waals surface area contributed by atoms with Crippen LogP contribution in [-0.2, 0) is 17.9 Å². The third-order valence-electron chi connectivity index (χ3n) is 4.48. The minimum Gasteiger partial charge on any atom is -0.333 e. The average Bonchev–Trinajstić information content (AvgIpc) is 2.93. The molecule has 0 aromatic carbocycles. The van der Waals surface area contributed by atoms with Crippen LogP contribution in [0.1, 0.15) is 31.5 Å². The Kier molecular flexibility index (Phi) is 3.50. The number of nitrogens with zero attached hydrogens (tertiary/aromatic N) is 4. The van der Waals surface area contributed by atoms with Crippen LogP contribution in [0, 0.1) is 11.8 Å². The molecule has 1 aromatic rings. The van der Waals surface area contributed by atoms with Crippen LogP contribution >= 0.6 is 0 Å². The highest BCUT2D eigenvalue weighted by molar-refractivity contribution is 5.79. The van der Waals surface area contributed by atoms with Gasteiger partial charge in [-0.2, -0.15) is 0 Å². The highest BCUT2D eigenvalue weighted by Gasteiger charge is 2.34. The molecule has 1 aliphatic heterocycles. The summed E-state index contributed by atoms with van der Waals surface area (Å²) in [6.07, 6.45) is 6.18. The number of hydrogen-bond donors (Lipinski definition) is 1. The van der Waals surface area contributed by atoms with Crippen molar-refractivity contribution < 1.29 is 4.79 Å². The maximum atomic E-state index is 12.7. The Bertz CT molecular complexity index is 458. The Morgan fingerprint density at radius 3 is 3.05 bits per heavy atom. The second kappa shape index (κ2) is 5.28. The van der Waals surface area contributed by atoms with E-state index in [1.165, 1.54) is 6.42 Å². The molecule has 1 aliphatic carbocycles. The zero-order valence-corrected chi connectivity index (χ0v) is 11.2. The van der Waals surface area contributed by atoms with Crippen molar-refractivity contribution in [3.8, 4) is 0 Å². The third kappa shape index (κ3) is 2.36. The highest BCUT2D eigenvalue weighted by Crippen LogP contribution is 2.31. The summed E-state index contributed by atoms with van der Waals surface area (Å²) in [4.78, 5) is 14.6. The topological polar surface area (TPSA) is 77.0 Å². The van der Waals surface area contributed by atoms with Crippen molar-refractivity contribution in [3.63, 3.8) is 0 Å². The molecular weight excluding hydrogens is 242 g/mol. The first kappa shape index (κ1) is 12.6. The van der Waals surface area contributed by atoms with Gasteiger partial charge in [0.2, 0.25) is 5.91 Å². The molecule has 1 fully saturated rings. The molecule has 2 N–H and O–H groups in total. The van der Waals surface area contributed by atoms with Gasteiger partial charge in [-0.25, -0.2) is 0 Å². The van der Waals surface area contributed by atoms with Crippen LogP contribution in [0.2, 0.25) is 0 Å². The molecular formula is C13H21N5O. The maximum Gasteiger partial charge on any atom is 0.226 e. The second-order valence-corrected chi connectivity index (χ2v) is 5.59. The molecule has 2 atom stereocenters. The lowest BCUT2D eigenvalue weighted by molar-refractivity contribution is -0.140. The Morgan fingerprint density at radius 2 is 2.21 bits per heavy atom. The molecule has 0 bridgehead atoms. The fourth-order valence-corrected chi connectivity index (χ4v) is 3.30. The zero-order valence-electron chi connectivity index (χ0n) is 11.2. The zero-order chi connectivity index (χ0) is 13.2. The van der Waals surface area contributed by atoms with E-state index in [1.807, 2.05) is 9.47 Å². The summed E-state index contributed by atoms with van der Waals surface area (Å²) in [5, 5.41) is 7.96. The molecule has 19 heavy (non-hydrogen) atoms. The van der Waals surface area contributed by atoms with Crippen molar-refractivity contribution in [3.05, 3.63) is 12.2 Å². The average molecular weight is 263 g/mol. The molecule has 1 aromatic heterocycles. The minimum atomic E-state index is 0.119. The summed E-state index contributed by atoms with van der Waals surface area (Å²) in [7, 11) is 0. The van der Waals surface area contributed by atoms with Crippen LogP contribution in [0.5, 0.6) is 0 Å². The summed E-state index contributed by atoms with van der Waals surface area (Å²) in [5.41, 5.74) is 5.82. The second-order valence-electron chi connectivity index (χ2n) is 5.59. The van der Waals surface area contributed by atoms with E-state index in [-0.39, 0.29) is 11.8 Å². The van der Waals surface area contributed by atoms with E-state index < -0.39 is 0 Å². The monoisotopic (exact) mass is 263 g/mol. The molecule has 3 rings (SSSR count). The number of amides is 1. The molecule has 2 aliphatic rings. The minimum absolute atomic E-state index is 0.119. The van der Waals surface area contributed by atoms with Crippen molar-refractivity contribution in [2.24, 2.45) is 17.6 Å². The normalized spacial score (nSPS) is 27.1. The van der Waals surface area contributed by atoms with Crippen LogP contribution in [0.15, 0.2) is 6.33 Å². The maximum absolute atomic E-state index is 12.7. The number of carbonyl (C=O) groups is 1. The van der Waals surface area contributed by atoms with Gasteiger partial charge in [-0.15, -0.1) is 10.2 Å². The molecule has 0 spiro atoms. The summed E-state index contributed by atoms with van der Waals surface area (Å²) in [6.45, 7) is 2.78. The Balaban J connectivity index is 1.70. The Hall–Kier alpha value is -1.43. The molecule has 2 heterocycles. The standard InChI is InChI=1S/C13H21N5O/c14-7-10-3-1-2-4-11(10)13(19)17-5-6-18-9-15-16-12(18)8-17/h9-11H,1-8,14H2. The lowest BCUT2D eigenvalue weighted by Gasteiger charge is -2.35. The van der Waals surface area contributed by atoms with Gasteiger partial charge >= 0.3 is 0 Å². The number of hydrogen-bond acceptors (Lipinski definition) is 4. The molecule has 1 saturated carbocycles. The lowest BCUT2D eigenvalue weighted by atomic mass is 9.78. The predicted molar refractivity (Wildman–Crippen MR) is 69.9 cm³/mol. The molecule has 104 valence electrons. The van der Waals surface area contributed by atoms with Gasteiger partial charge in [-0.05, 0) is 25.3 Å². The first-order chi connectivity index (χ1) is 9.29. The van der Waals surface area contributed by atoms with Crippen LogP contribution in [0.25, 0.3) is 0 Å². The smallest absolute Gasteiger partial charge is 0.226 e. The fourth-order valence-electron chi connectivity index (χ4n) is 3.30. The number of rotatable bonds is 2. The molecule has 2 unspecified atom stereocenters. The summed E-state index contributed by atoms with van der Waals surface area (Å²) >= 11 is 0. The number of aromatic nitrogens is 3. The predicted octanol–water partition coefficient (Wildman–Crippen LogP) is 0.385. The van der Waals surface area contributed by atoms with E-state index in [2.05, 4.69) is 10.2 Å². The highest BCUT2D eigenvalue weighted by atomic mass is 16.2. The van der Waals surface area contributed by atoms with Crippen molar-refractivity contribution in [1.82, 2.24) is 19.7 Å². The van der Waals surface area contributed by atoms with Crippen molar-refractivity contribution in [2.75, 3.05) is 13.1 Å². The van der Waals surface area contributed by atoms with Gasteiger partial charge in [0.1, 0.15) is 6.33 Å². The van der Waals surface area contributed by atoms with Crippen molar-refractivity contribution in [1.29, 1.82) is 0 Å². The van der Waals surface area contributed by atoms with Gasteiger partial charge in [0.25, 0.3) is 0 Å². The largest absolute Gasteiger partial charge is 0.333 e. The summed E-state index contributed by atoms with van der Waals surface area (Å²) in [5.74, 6) is 1.64. The van der Waals surface area contributed by atoms with Crippen molar-refractivity contribution >= 4 is 5.91 Å². The quantitative estimate of drug-likeness (QED) is 0.837. The van der Waals surface area contributed by atoms with Crippen LogP contribution in [-0.4, -0.2) is 38.7 Å². The molecule has 0 radical (unpaired) electrons. The first-order valence-electron chi connectivity index (χ1n) is 7.15. The van der Waals surface area contributed by atoms with Gasteiger partial charge in [0.05, 0.1) is 6.54 Å². The molecule has 6 heteroatoms. The van der Waals surface area contributed by atoms with E-state index in [4.69, 9.17) is 5.73 Å². The molecule has 0 saturated heterocycles. The van der Waals surface area contributed by atoms with Crippen LogP contribution < -0.4 is 5.73 Å². The SMILES string of the molecule is NCC1CCCCC1C(=O)N1CCn2cnnc2C1. The van der Waals surface area contributed by atoms with Gasteiger partial charge in [-0.3, -0.25) is 4.79 Å². The van der Waals surface area contributed by atoms with E-state index >= 15 is 0 Å². The van der Waals surface area contributed by atoms with Gasteiger partial charge < -0.3 is 15.2 Å². The fraction of sp³-hybridized carbons (Fsp3) is 0.769. The van der Waals surface area contributed by atoms with Gasteiger partial charge in [0, 0.05) is 19.0 Å². The van der Waals surface area contributed by atoms with E-state index in [0.717, 1.165) is 38.2 Å². The van der Waals surface area contributed by atoms with E-state index in [0.29, 0.717) is 19.0 Å². The molecule has 6 nitrogen and oxygen atoms in total. The van der Waals surface area contributed by atoms with Gasteiger partial charge in [0.15, 0.2) is 5.82 Å². The van der Waals surface area contributed by atoms with Gasteiger partial charge in [-0.1, -0.05) is 12.8 Å². The van der Waals surface area contributed by atoms with E-state index in [1.54, 1.807) is 6.33 Å². The molecule has 1 amide bonds. The lowest BCUT2D eigenvalue weighted by Crippen LogP contribution is -2.45. The summed E-state index contributed by atoms with van der Waals surface area (Å²) < 4.78 is 2.02. The number of carbonyl (C=O) groups excluding carboxylic acids is 1. The third-order valence-corrected chi connectivity index (χ3v) is 4.48. The van der Waals surface area contributed by atoms with Crippen LogP contribution in [0.4, 0.5) is 0 Å². The Labute approximate surface area is 113 Å². The van der Waals surface area contributed by atoms with E-state index in [9.17, 15) is 4.79 Å². The van der Waals surface area contributed by atoms with Crippen molar-refractivity contribution in [2.45, 2.75) is 38.8 Å². The number of fused-ring (bicyclic) bond motifs is 1. The summed E-state index contributed by atoms with van der Waals surface area (Å²) in [6, 6.07) is 0. The Morgan fingerprint density at radius 1 is 1.37 bits per heavy atom.